The lowest BCUT2D eigenvalue weighted by Gasteiger charge is -2.21. The molecule has 2 aliphatic rings. The molecule has 4 rings (SSSR count). The second-order valence-corrected chi connectivity index (χ2v) is 8.78. The summed E-state index contributed by atoms with van der Waals surface area (Å²) in [5, 5.41) is 6.73. The first-order valence-corrected chi connectivity index (χ1v) is 9.58. The highest BCUT2D eigenvalue weighted by Gasteiger charge is 2.39. The first-order chi connectivity index (χ1) is 11.2. The van der Waals surface area contributed by atoms with Crippen molar-refractivity contribution in [3.63, 3.8) is 0 Å². The van der Waals surface area contributed by atoms with E-state index in [1.807, 2.05) is 30.5 Å². The molecule has 0 aliphatic carbocycles. The van der Waals surface area contributed by atoms with Crippen LogP contribution < -0.4 is 10.6 Å². The molecule has 1 aromatic carbocycles. The maximum atomic E-state index is 12.4. The van der Waals surface area contributed by atoms with Crippen LogP contribution in [-0.4, -0.2) is 29.0 Å². The average Bonchev–Trinajstić information content (AvgIpc) is 3.25. The first kappa shape index (κ1) is 15.2. The Labute approximate surface area is 144 Å². The van der Waals surface area contributed by atoms with Crippen LogP contribution in [0, 0.1) is 6.92 Å². The number of fused-ring (bicyclic) bond motifs is 2. The Morgan fingerprint density at radius 1 is 1.35 bits per heavy atom. The minimum absolute atomic E-state index is 0.0333. The number of rotatable bonds is 4. The number of hydrogen-bond acceptors (Lipinski definition) is 5. The number of benzene rings is 1. The van der Waals surface area contributed by atoms with Crippen molar-refractivity contribution in [2.45, 2.75) is 53.5 Å². The van der Waals surface area contributed by atoms with Crippen molar-refractivity contribution >= 4 is 29.0 Å². The van der Waals surface area contributed by atoms with E-state index in [0.29, 0.717) is 12.1 Å². The Morgan fingerprint density at radius 2 is 2.17 bits per heavy atom. The van der Waals surface area contributed by atoms with Crippen LogP contribution in [-0.2, 0) is 0 Å². The topological polar surface area (TPSA) is 54.0 Å². The van der Waals surface area contributed by atoms with Gasteiger partial charge in [-0.1, -0.05) is 11.8 Å². The van der Waals surface area contributed by atoms with Gasteiger partial charge >= 0.3 is 0 Å². The van der Waals surface area contributed by atoms with Gasteiger partial charge in [0.1, 0.15) is 0 Å². The van der Waals surface area contributed by atoms with Crippen molar-refractivity contribution in [2.75, 3.05) is 0 Å². The Kier molecular flexibility index (Phi) is 4.13. The number of thiazole rings is 1. The number of carbonyl (C=O) groups is 1. The molecule has 4 nitrogen and oxygen atoms in total. The summed E-state index contributed by atoms with van der Waals surface area (Å²) >= 11 is 3.32. The van der Waals surface area contributed by atoms with Gasteiger partial charge in [0, 0.05) is 39.7 Å². The van der Waals surface area contributed by atoms with Crippen LogP contribution >= 0.6 is 23.1 Å². The van der Waals surface area contributed by atoms with Gasteiger partial charge in [0.2, 0.25) is 0 Å². The molecule has 0 saturated carbocycles. The van der Waals surface area contributed by atoms with Gasteiger partial charge in [0.25, 0.3) is 5.91 Å². The summed E-state index contributed by atoms with van der Waals surface area (Å²) in [4.78, 5) is 19.1. The molecule has 2 aliphatic heterocycles. The number of nitrogens with one attached hydrogen (secondary N) is 2. The summed E-state index contributed by atoms with van der Waals surface area (Å²) in [5.74, 6) is 0.0333. The molecule has 2 bridgehead atoms. The Hall–Kier alpha value is -1.37. The lowest BCUT2D eigenvalue weighted by Crippen LogP contribution is -2.42. The maximum absolute atomic E-state index is 12.4. The van der Waals surface area contributed by atoms with E-state index >= 15 is 0 Å². The molecule has 3 atom stereocenters. The SMILES string of the molecule is Cc1cnc(Sc2ccc(C(=O)N[C@@H]3C[C@H]4CC[C@@H]3N4)cc2)s1. The smallest absolute Gasteiger partial charge is 0.251 e. The third-order valence-electron chi connectivity index (χ3n) is 4.54. The van der Waals surface area contributed by atoms with Gasteiger partial charge in [-0.25, -0.2) is 4.98 Å². The van der Waals surface area contributed by atoms with E-state index in [1.54, 1.807) is 23.1 Å². The second-order valence-electron chi connectivity index (χ2n) is 6.23. The highest BCUT2D eigenvalue weighted by molar-refractivity contribution is 8.01. The zero-order chi connectivity index (χ0) is 15.8. The molecule has 2 N–H and O–H groups in total. The monoisotopic (exact) mass is 345 g/mol. The van der Waals surface area contributed by atoms with Gasteiger partial charge in [-0.2, -0.15) is 0 Å². The van der Waals surface area contributed by atoms with Crippen molar-refractivity contribution in [3.8, 4) is 0 Å². The molecule has 0 unspecified atom stereocenters. The normalized spacial score (nSPS) is 25.7. The third-order valence-corrected chi connectivity index (χ3v) is 6.53. The van der Waals surface area contributed by atoms with E-state index in [2.05, 4.69) is 22.5 Å². The molecule has 3 heterocycles. The van der Waals surface area contributed by atoms with E-state index in [0.717, 1.165) is 21.2 Å². The molecule has 1 aromatic heterocycles. The molecule has 6 heteroatoms. The molecule has 2 saturated heterocycles. The summed E-state index contributed by atoms with van der Waals surface area (Å²) in [6.07, 6.45) is 5.38. The lowest BCUT2D eigenvalue weighted by atomic mass is 9.95. The van der Waals surface area contributed by atoms with Crippen LogP contribution in [0.15, 0.2) is 39.7 Å². The van der Waals surface area contributed by atoms with Crippen LogP contribution in [0.4, 0.5) is 0 Å². The van der Waals surface area contributed by atoms with E-state index in [9.17, 15) is 4.79 Å². The highest BCUT2D eigenvalue weighted by Crippen LogP contribution is 2.31. The van der Waals surface area contributed by atoms with Crippen molar-refractivity contribution < 1.29 is 4.79 Å². The van der Waals surface area contributed by atoms with Gasteiger partial charge in [0.05, 0.1) is 0 Å². The molecule has 23 heavy (non-hydrogen) atoms. The average molecular weight is 345 g/mol. The summed E-state index contributed by atoms with van der Waals surface area (Å²) in [6, 6.07) is 9.15. The minimum Gasteiger partial charge on any atom is -0.348 e. The van der Waals surface area contributed by atoms with Crippen molar-refractivity contribution in [2.24, 2.45) is 0 Å². The number of hydrogen-bond donors (Lipinski definition) is 2. The molecule has 120 valence electrons. The largest absolute Gasteiger partial charge is 0.348 e. The van der Waals surface area contributed by atoms with E-state index in [1.165, 1.54) is 17.7 Å². The summed E-state index contributed by atoms with van der Waals surface area (Å²) in [5.41, 5.74) is 0.729. The van der Waals surface area contributed by atoms with Gasteiger partial charge in [0.15, 0.2) is 4.34 Å². The van der Waals surface area contributed by atoms with Crippen LogP contribution in [0.2, 0.25) is 0 Å². The fourth-order valence-corrected chi connectivity index (χ4v) is 5.31. The quantitative estimate of drug-likeness (QED) is 0.893. The number of carbonyl (C=O) groups excluding carboxylic acids is 1. The standard InChI is InChI=1S/C17H19N3OS2/c1-10-9-18-17(22-10)23-13-5-2-11(3-6-13)16(21)20-15-8-12-4-7-14(15)19-12/h2-3,5-6,9,12,14-15,19H,4,7-8H2,1H3,(H,20,21)/t12-,14+,15-/m1/s1. The van der Waals surface area contributed by atoms with Crippen LogP contribution in [0.3, 0.4) is 0 Å². The molecular weight excluding hydrogens is 326 g/mol. The van der Waals surface area contributed by atoms with Crippen LogP contribution in [0.25, 0.3) is 0 Å². The van der Waals surface area contributed by atoms with Gasteiger partial charge in [-0.3, -0.25) is 4.79 Å². The summed E-state index contributed by atoms with van der Waals surface area (Å²) in [6.45, 7) is 2.06. The van der Waals surface area contributed by atoms with Crippen molar-refractivity contribution in [1.29, 1.82) is 0 Å². The van der Waals surface area contributed by atoms with Crippen molar-refractivity contribution in [3.05, 3.63) is 40.9 Å². The van der Waals surface area contributed by atoms with Crippen LogP contribution in [0.5, 0.6) is 0 Å². The number of nitrogens with zero attached hydrogens (tertiary/aromatic N) is 1. The molecule has 0 spiro atoms. The number of aromatic nitrogens is 1. The summed E-state index contributed by atoms with van der Waals surface area (Å²) in [7, 11) is 0. The lowest BCUT2D eigenvalue weighted by molar-refractivity contribution is 0.0931. The first-order valence-electron chi connectivity index (χ1n) is 7.94. The van der Waals surface area contributed by atoms with Gasteiger partial charge in [-0.15, -0.1) is 11.3 Å². The summed E-state index contributed by atoms with van der Waals surface area (Å²) < 4.78 is 1.03. The second kappa shape index (κ2) is 6.26. The Balaban J connectivity index is 1.38. The van der Waals surface area contributed by atoms with E-state index < -0.39 is 0 Å². The maximum Gasteiger partial charge on any atom is 0.251 e. The predicted octanol–water partition coefficient (Wildman–Crippen LogP) is 3.23. The third kappa shape index (κ3) is 3.29. The Morgan fingerprint density at radius 3 is 2.78 bits per heavy atom. The van der Waals surface area contributed by atoms with Gasteiger partial charge < -0.3 is 10.6 Å². The zero-order valence-corrected chi connectivity index (χ0v) is 14.5. The number of aryl methyl sites for hydroxylation is 1. The fourth-order valence-electron chi connectivity index (χ4n) is 3.39. The van der Waals surface area contributed by atoms with E-state index in [4.69, 9.17) is 0 Å². The molecule has 2 aromatic rings. The van der Waals surface area contributed by atoms with E-state index in [-0.39, 0.29) is 11.9 Å². The minimum atomic E-state index is 0.0333. The van der Waals surface area contributed by atoms with Crippen LogP contribution in [0.1, 0.15) is 34.5 Å². The predicted molar refractivity (Wildman–Crippen MR) is 93.2 cm³/mol. The molecular formula is C17H19N3OS2. The molecule has 1 amide bonds. The van der Waals surface area contributed by atoms with Gasteiger partial charge in [-0.05, 0) is 50.5 Å². The number of amides is 1. The fraction of sp³-hybridized carbons (Fsp3) is 0.412. The zero-order valence-electron chi connectivity index (χ0n) is 12.9. The Bertz CT molecular complexity index is 713. The van der Waals surface area contributed by atoms with Crippen molar-refractivity contribution in [1.82, 2.24) is 15.6 Å². The molecule has 2 fully saturated rings. The molecule has 0 radical (unpaired) electrons. The highest BCUT2D eigenvalue weighted by atomic mass is 32.2.